The molecule has 0 spiro atoms. The fourth-order valence-corrected chi connectivity index (χ4v) is 4.26. The van der Waals surface area contributed by atoms with Gasteiger partial charge in [-0.05, 0) is 85.8 Å². The van der Waals surface area contributed by atoms with E-state index in [1.165, 1.54) is 11.3 Å². The van der Waals surface area contributed by atoms with Crippen LogP contribution in [0.15, 0.2) is 71.7 Å². The lowest BCUT2D eigenvalue weighted by Gasteiger charge is -2.45. The summed E-state index contributed by atoms with van der Waals surface area (Å²) in [5.74, 6) is 2.68. The van der Waals surface area contributed by atoms with E-state index in [2.05, 4.69) is 55.9 Å². The maximum atomic E-state index is 5.94. The number of fused-ring (bicyclic) bond motifs is 1. The molecule has 1 aliphatic heterocycles. The maximum absolute atomic E-state index is 5.94. The van der Waals surface area contributed by atoms with E-state index in [4.69, 9.17) is 9.47 Å². The van der Waals surface area contributed by atoms with Crippen LogP contribution >= 0.6 is 0 Å². The van der Waals surface area contributed by atoms with Crippen LogP contribution in [-0.4, -0.2) is 25.9 Å². The predicted octanol–water partition coefficient (Wildman–Crippen LogP) is 6.96. The Kier molecular flexibility index (Phi) is 5.73. The summed E-state index contributed by atoms with van der Waals surface area (Å²) >= 11 is 0. The average molecular weight is 415 g/mol. The number of methoxy groups -OCH3 is 1. The topological polar surface area (TPSA) is 34.1 Å². The van der Waals surface area contributed by atoms with Crippen LogP contribution in [0.25, 0.3) is 0 Å². The summed E-state index contributed by atoms with van der Waals surface area (Å²) in [4.78, 5) is 7.05. The van der Waals surface area contributed by atoms with Crippen LogP contribution in [0.2, 0.25) is 0 Å². The molecule has 1 aliphatic rings. The molecule has 1 heterocycles. The second-order valence-electron chi connectivity index (χ2n) is 8.80. The molecule has 0 unspecified atom stereocenters. The van der Waals surface area contributed by atoms with E-state index in [9.17, 15) is 0 Å². The number of benzene rings is 3. The Morgan fingerprint density at radius 1 is 1.00 bits per heavy atom. The van der Waals surface area contributed by atoms with Gasteiger partial charge in [-0.2, -0.15) is 0 Å². The highest BCUT2D eigenvalue weighted by molar-refractivity contribution is 5.83. The number of hydrogen-bond acceptors (Lipinski definition) is 4. The van der Waals surface area contributed by atoms with Crippen molar-refractivity contribution in [3.63, 3.8) is 0 Å². The van der Waals surface area contributed by atoms with Crippen molar-refractivity contribution in [1.82, 2.24) is 0 Å². The standard InChI is InChI=1S/C27H30N2O2/c1-19-17-27(2,3)29(4)24-15-10-20(16-23(19)24)18-28-21-11-13-22(14-12-21)31-26-9-7-6-8-25(26)30-5/h6-16,18-19H,17H2,1-5H3/t19-/m0/s1. The molecule has 0 bridgehead atoms. The van der Waals surface area contributed by atoms with E-state index in [0.717, 1.165) is 23.4 Å². The fraction of sp³-hybridized carbons (Fsp3) is 0.296. The van der Waals surface area contributed by atoms with Crippen LogP contribution < -0.4 is 14.4 Å². The Morgan fingerprint density at radius 2 is 1.71 bits per heavy atom. The molecule has 3 aromatic carbocycles. The van der Waals surface area contributed by atoms with Crippen LogP contribution in [0, 0.1) is 0 Å². The zero-order valence-corrected chi connectivity index (χ0v) is 18.9. The largest absolute Gasteiger partial charge is 0.493 e. The third kappa shape index (κ3) is 4.43. The molecule has 160 valence electrons. The van der Waals surface area contributed by atoms with Gasteiger partial charge in [0.1, 0.15) is 5.75 Å². The highest BCUT2D eigenvalue weighted by Crippen LogP contribution is 2.42. The van der Waals surface area contributed by atoms with Crippen LogP contribution in [-0.2, 0) is 0 Å². The van der Waals surface area contributed by atoms with Gasteiger partial charge in [0.2, 0.25) is 0 Å². The molecule has 3 aromatic rings. The maximum Gasteiger partial charge on any atom is 0.169 e. The Balaban J connectivity index is 1.49. The number of hydrogen-bond donors (Lipinski definition) is 0. The number of aliphatic imine (C=N–C) groups is 1. The van der Waals surface area contributed by atoms with Crippen molar-refractivity contribution in [2.75, 3.05) is 19.1 Å². The van der Waals surface area contributed by atoms with Crippen LogP contribution in [0.1, 0.15) is 44.2 Å². The molecule has 0 saturated carbocycles. The number of nitrogens with zero attached hydrogens (tertiary/aromatic N) is 2. The van der Waals surface area contributed by atoms with E-state index in [1.54, 1.807) is 7.11 Å². The zero-order valence-electron chi connectivity index (χ0n) is 18.9. The van der Waals surface area contributed by atoms with Gasteiger partial charge in [-0.1, -0.05) is 25.1 Å². The predicted molar refractivity (Wildman–Crippen MR) is 129 cm³/mol. The second kappa shape index (κ2) is 8.46. The molecular formula is C27H30N2O2. The van der Waals surface area contributed by atoms with Gasteiger partial charge in [-0.3, -0.25) is 4.99 Å². The normalized spacial score (nSPS) is 17.5. The van der Waals surface area contributed by atoms with Crippen molar-refractivity contribution in [2.45, 2.75) is 38.6 Å². The van der Waals surface area contributed by atoms with E-state index in [-0.39, 0.29) is 5.54 Å². The molecule has 0 N–H and O–H groups in total. The number of para-hydroxylation sites is 2. The minimum absolute atomic E-state index is 0.176. The molecule has 4 rings (SSSR count). The fourth-order valence-electron chi connectivity index (χ4n) is 4.26. The summed E-state index contributed by atoms with van der Waals surface area (Å²) in [6, 6.07) is 22.0. The first-order valence-corrected chi connectivity index (χ1v) is 10.7. The highest BCUT2D eigenvalue weighted by atomic mass is 16.5. The van der Waals surface area contributed by atoms with E-state index < -0.39 is 0 Å². The van der Waals surface area contributed by atoms with E-state index in [1.807, 2.05) is 54.7 Å². The van der Waals surface area contributed by atoms with Gasteiger partial charge in [0.25, 0.3) is 0 Å². The van der Waals surface area contributed by atoms with E-state index >= 15 is 0 Å². The number of rotatable bonds is 5. The zero-order chi connectivity index (χ0) is 22.0. The van der Waals surface area contributed by atoms with Crippen LogP contribution in [0.5, 0.6) is 17.2 Å². The monoisotopic (exact) mass is 414 g/mol. The van der Waals surface area contributed by atoms with Crippen molar-refractivity contribution >= 4 is 17.6 Å². The summed E-state index contributed by atoms with van der Waals surface area (Å²) in [7, 11) is 3.83. The smallest absolute Gasteiger partial charge is 0.169 e. The van der Waals surface area contributed by atoms with Crippen molar-refractivity contribution in [2.24, 2.45) is 4.99 Å². The SMILES string of the molecule is COc1ccccc1Oc1ccc(N=Cc2ccc3c(c2)[C@@H](C)CC(C)(C)N3C)cc1. The quantitative estimate of drug-likeness (QED) is 0.423. The first-order valence-electron chi connectivity index (χ1n) is 10.7. The lowest BCUT2D eigenvalue weighted by Crippen LogP contribution is -2.45. The molecule has 4 nitrogen and oxygen atoms in total. The molecule has 0 saturated heterocycles. The highest BCUT2D eigenvalue weighted by Gasteiger charge is 2.33. The third-order valence-electron chi connectivity index (χ3n) is 6.15. The van der Waals surface area contributed by atoms with Crippen molar-refractivity contribution in [1.29, 1.82) is 0 Å². The Morgan fingerprint density at radius 3 is 2.42 bits per heavy atom. The third-order valence-corrected chi connectivity index (χ3v) is 6.15. The lowest BCUT2D eigenvalue weighted by atomic mass is 9.80. The molecule has 31 heavy (non-hydrogen) atoms. The number of ether oxygens (including phenoxy) is 2. The Bertz CT molecular complexity index is 1090. The molecular weight excluding hydrogens is 384 g/mol. The summed E-state index contributed by atoms with van der Waals surface area (Å²) in [5, 5.41) is 0. The second-order valence-corrected chi connectivity index (χ2v) is 8.80. The summed E-state index contributed by atoms with van der Waals surface area (Å²) in [6.45, 7) is 6.93. The first kappa shape index (κ1) is 21.0. The van der Waals surface area contributed by atoms with Crippen molar-refractivity contribution in [3.8, 4) is 17.2 Å². The number of anilines is 1. The molecule has 0 aliphatic carbocycles. The molecule has 1 atom stereocenters. The summed E-state index contributed by atoms with van der Waals surface area (Å²) in [5.41, 5.74) is 4.89. The van der Waals surface area contributed by atoms with Gasteiger partial charge in [0.15, 0.2) is 11.5 Å². The van der Waals surface area contributed by atoms with Crippen LogP contribution in [0.4, 0.5) is 11.4 Å². The summed E-state index contributed by atoms with van der Waals surface area (Å²) < 4.78 is 11.3. The van der Waals surface area contributed by atoms with Crippen molar-refractivity contribution < 1.29 is 9.47 Å². The Hall–Kier alpha value is -3.27. The minimum atomic E-state index is 0.176. The van der Waals surface area contributed by atoms with Crippen molar-refractivity contribution in [3.05, 3.63) is 77.9 Å². The van der Waals surface area contributed by atoms with Gasteiger partial charge >= 0.3 is 0 Å². The molecule has 0 aromatic heterocycles. The Labute approximate surface area is 185 Å². The molecule has 0 radical (unpaired) electrons. The molecule has 0 amide bonds. The minimum Gasteiger partial charge on any atom is -0.493 e. The van der Waals surface area contributed by atoms with Gasteiger partial charge in [-0.15, -0.1) is 0 Å². The first-order chi connectivity index (χ1) is 14.9. The summed E-state index contributed by atoms with van der Waals surface area (Å²) in [6.07, 6.45) is 3.08. The van der Waals surface area contributed by atoms with E-state index in [0.29, 0.717) is 17.4 Å². The average Bonchev–Trinajstić information content (AvgIpc) is 2.77. The van der Waals surface area contributed by atoms with Gasteiger partial charge < -0.3 is 14.4 Å². The molecule has 4 heteroatoms. The molecule has 0 fully saturated rings. The van der Waals surface area contributed by atoms with Gasteiger partial charge in [0.05, 0.1) is 12.8 Å². The van der Waals surface area contributed by atoms with Gasteiger partial charge in [0, 0.05) is 24.5 Å². The van der Waals surface area contributed by atoms with Crippen LogP contribution in [0.3, 0.4) is 0 Å². The van der Waals surface area contributed by atoms with Gasteiger partial charge in [-0.25, -0.2) is 0 Å². The lowest BCUT2D eigenvalue weighted by molar-refractivity contribution is 0.379.